The molecule has 0 bridgehead atoms. The van der Waals surface area contributed by atoms with Crippen LogP contribution in [0, 0.1) is 6.92 Å². The van der Waals surface area contributed by atoms with Crippen LogP contribution in [0.5, 0.6) is 0 Å². The average molecular weight is 183 g/mol. The maximum absolute atomic E-state index is 5.28. The molecule has 0 aromatic carbocycles. The lowest BCUT2D eigenvalue weighted by Gasteiger charge is -2.24. The van der Waals surface area contributed by atoms with Crippen molar-refractivity contribution in [2.75, 3.05) is 26.3 Å². The summed E-state index contributed by atoms with van der Waals surface area (Å²) in [6.07, 6.45) is 0. The molecule has 1 aliphatic rings. The van der Waals surface area contributed by atoms with Gasteiger partial charge in [-0.1, -0.05) is 0 Å². The van der Waals surface area contributed by atoms with Gasteiger partial charge >= 0.3 is 0 Å². The Balaban J connectivity index is 1.89. The highest BCUT2D eigenvalue weighted by molar-refractivity contribution is 4.79. The fourth-order valence-electron chi connectivity index (χ4n) is 1.35. The van der Waals surface area contributed by atoms with Crippen LogP contribution in [0.2, 0.25) is 0 Å². The van der Waals surface area contributed by atoms with Gasteiger partial charge in [0.15, 0.2) is 0 Å². The zero-order valence-corrected chi connectivity index (χ0v) is 7.69. The minimum Gasteiger partial charge on any atom is -0.424 e. The fraction of sp³-hybridized carbons (Fsp3) is 0.750. The van der Waals surface area contributed by atoms with E-state index in [0.717, 1.165) is 32.8 Å². The molecule has 1 aromatic heterocycles. The first-order valence-electron chi connectivity index (χ1n) is 4.44. The van der Waals surface area contributed by atoms with Gasteiger partial charge in [0.2, 0.25) is 11.8 Å². The highest BCUT2D eigenvalue weighted by Gasteiger charge is 2.13. The molecule has 5 nitrogen and oxygen atoms in total. The molecule has 0 aliphatic carbocycles. The van der Waals surface area contributed by atoms with Crippen molar-refractivity contribution in [2.45, 2.75) is 13.5 Å². The Hall–Kier alpha value is -0.940. The van der Waals surface area contributed by atoms with Gasteiger partial charge in [-0.3, -0.25) is 4.90 Å². The Bertz CT molecular complexity index is 268. The minimum atomic E-state index is 0.628. The lowest BCUT2D eigenvalue weighted by atomic mass is 10.4. The number of hydrogen-bond acceptors (Lipinski definition) is 5. The molecule has 0 N–H and O–H groups in total. The molecule has 13 heavy (non-hydrogen) atoms. The summed E-state index contributed by atoms with van der Waals surface area (Å²) in [5, 5.41) is 7.72. The maximum atomic E-state index is 5.28. The van der Waals surface area contributed by atoms with E-state index < -0.39 is 0 Å². The molecule has 1 fully saturated rings. The number of aromatic nitrogens is 2. The van der Waals surface area contributed by atoms with Gasteiger partial charge in [-0.2, -0.15) is 0 Å². The first-order chi connectivity index (χ1) is 6.34. The smallest absolute Gasteiger partial charge is 0.230 e. The highest BCUT2D eigenvalue weighted by Crippen LogP contribution is 2.05. The van der Waals surface area contributed by atoms with E-state index in [9.17, 15) is 0 Å². The van der Waals surface area contributed by atoms with Crippen LogP contribution in [0.1, 0.15) is 11.8 Å². The maximum Gasteiger partial charge on any atom is 0.230 e. The Labute approximate surface area is 76.7 Å². The van der Waals surface area contributed by atoms with Crippen molar-refractivity contribution in [1.29, 1.82) is 0 Å². The molecule has 2 rings (SSSR count). The summed E-state index contributed by atoms with van der Waals surface area (Å²) in [5.41, 5.74) is 0. The SMILES string of the molecule is Cc1nnc(CN2CCOCC2)o1. The predicted octanol–water partition coefficient (Wildman–Crippen LogP) is 0.210. The molecule has 0 spiro atoms. The van der Waals surface area contributed by atoms with Crippen LogP contribution in [0.25, 0.3) is 0 Å². The first-order valence-corrected chi connectivity index (χ1v) is 4.44. The Morgan fingerprint density at radius 3 is 2.69 bits per heavy atom. The number of nitrogens with zero attached hydrogens (tertiary/aromatic N) is 3. The van der Waals surface area contributed by atoms with Gasteiger partial charge < -0.3 is 9.15 Å². The lowest BCUT2D eigenvalue weighted by Crippen LogP contribution is -2.35. The molecule has 2 heterocycles. The molecule has 5 heteroatoms. The molecular formula is C8H13N3O2. The molecule has 0 unspecified atom stereocenters. The second-order valence-corrected chi connectivity index (χ2v) is 3.10. The molecule has 1 saturated heterocycles. The summed E-state index contributed by atoms with van der Waals surface area (Å²) in [7, 11) is 0. The standard InChI is InChI=1S/C8H13N3O2/c1-7-9-10-8(13-7)6-11-2-4-12-5-3-11/h2-6H2,1H3. The van der Waals surface area contributed by atoms with Crippen LogP contribution in [0.15, 0.2) is 4.42 Å². The van der Waals surface area contributed by atoms with Crippen molar-refractivity contribution in [1.82, 2.24) is 15.1 Å². The largest absolute Gasteiger partial charge is 0.424 e. The number of hydrogen-bond donors (Lipinski definition) is 0. The number of rotatable bonds is 2. The zero-order valence-electron chi connectivity index (χ0n) is 7.69. The average Bonchev–Trinajstić information content (AvgIpc) is 2.53. The van der Waals surface area contributed by atoms with E-state index in [1.165, 1.54) is 0 Å². The van der Waals surface area contributed by atoms with Crippen molar-refractivity contribution >= 4 is 0 Å². The van der Waals surface area contributed by atoms with Crippen molar-refractivity contribution in [3.8, 4) is 0 Å². The van der Waals surface area contributed by atoms with E-state index in [1.807, 2.05) is 0 Å². The van der Waals surface area contributed by atoms with Gasteiger partial charge in [-0.15, -0.1) is 10.2 Å². The molecule has 1 aromatic rings. The first kappa shape index (κ1) is 8.65. The molecule has 1 aliphatic heterocycles. The normalized spacial score (nSPS) is 19.2. The van der Waals surface area contributed by atoms with Crippen molar-refractivity contribution in [2.24, 2.45) is 0 Å². The molecule has 0 amide bonds. The van der Waals surface area contributed by atoms with Crippen LogP contribution in [-0.2, 0) is 11.3 Å². The molecule has 0 atom stereocenters. The molecule has 72 valence electrons. The third-order valence-corrected chi connectivity index (χ3v) is 2.03. The number of morpholine rings is 1. The van der Waals surface area contributed by atoms with Crippen LogP contribution in [-0.4, -0.2) is 41.4 Å². The van der Waals surface area contributed by atoms with Gasteiger partial charge in [-0.05, 0) is 0 Å². The summed E-state index contributed by atoms with van der Waals surface area (Å²) >= 11 is 0. The molecule has 0 radical (unpaired) electrons. The molecular weight excluding hydrogens is 170 g/mol. The summed E-state index contributed by atoms with van der Waals surface area (Å²) in [6, 6.07) is 0. The van der Waals surface area contributed by atoms with E-state index >= 15 is 0 Å². The Kier molecular flexibility index (Phi) is 2.56. The predicted molar refractivity (Wildman–Crippen MR) is 45.1 cm³/mol. The summed E-state index contributed by atoms with van der Waals surface area (Å²) < 4.78 is 10.5. The van der Waals surface area contributed by atoms with E-state index in [4.69, 9.17) is 9.15 Å². The summed E-state index contributed by atoms with van der Waals surface area (Å²) in [5.74, 6) is 1.32. The van der Waals surface area contributed by atoms with Gasteiger partial charge in [0.05, 0.1) is 19.8 Å². The van der Waals surface area contributed by atoms with Crippen LogP contribution in [0.4, 0.5) is 0 Å². The van der Waals surface area contributed by atoms with E-state index in [0.29, 0.717) is 11.8 Å². The summed E-state index contributed by atoms with van der Waals surface area (Å²) in [4.78, 5) is 2.25. The molecule has 0 saturated carbocycles. The van der Waals surface area contributed by atoms with Gasteiger partial charge in [0.25, 0.3) is 0 Å². The number of aryl methyl sites for hydroxylation is 1. The Morgan fingerprint density at radius 1 is 1.31 bits per heavy atom. The van der Waals surface area contributed by atoms with Gasteiger partial charge in [0.1, 0.15) is 0 Å². The lowest BCUT2D eigenvalue weighted by molar-refractivity contribution is 0.0304. The monoisotopic (exact) mass is 183 g/mol. The van der Waals surface area contributed by atoms with Crippen molar-refractivity contribution in [3.63, 3.8) is 0 Å². The third-order valence-electron chi connectivity index (χ3n) is 2.03. The van der Waals surface area contributed by atoms with Crippen molar-refractivity contribution in [3.05, 3.63) is 11.8 Å². The van der Waals surface area contributed by atoms with Crippen LogP contribution < -0.4 is 0 Å². The third kappa shape index (κ3) is 2.26. The zero-order chi connectivity index (χ0) is 9.10. The second-order valence-electron chi connectivity index (χ2n) is 3.10. The van der Waals surface area contributed by atoms with E-state index in [2.05, 4.69) is 15.1 Å². The van der Waals surface area contributed by atoms with E-state index in [1.54, 1.807) is 6.92 Å². The van der Waals surface area contributed by atoms with Crippen LogP contribution in [0.3, 0.4) is 0 Å². The topological polar surface area (TPSA) is 51.4 Å². The van der Waals surface area contributed by atoms with Crippen molar-refractivity contribution < 1.29 is 9.15 Å². The minimum absolute atomic E-state index is 0.628. The van der Waals surface area contributed by atoms with Crippen LogP contribution >= 0.6 is 0 Å². The number of ether oxygens (including phenoxy) is 1. The van der Waals surface area contributed by atoms with Gasteiger partial charge in [-0.25, -0.2) is 0 Å². The summed E-state index contributed by atoms with van der Waals surface area (Å²) in [6.45, 7) is 6.03. The second kappa shape index (κ2) is 3.85. The quantitative estimate of drug-likeness (QED) is 0.656. The van der Waals surface area contributed by atoms with Gasteiger partial charge in [0, 0.05) is 20.0 Å². The highest BCUT2D eigenvalue weighted by atomic mass is 16.5. The fourth-order valence-corrected chi connectivity index (χ4v) is 1.35. The Morgan fingerprint density at radius 2 is 2.08 bits per heavy atom. The van der Waals surface area contributed by atoms with E-state index in [-0.39, 0.29) is 0 Å².